The number of benzene rings is 4. The minimum Gasteiger partial charge on any atom is -0.324 e. The quantitative estimate of drug-likeness (QED) is 0.285. The van der Waals surface area contributed by atoms with Crippen molar-refractivity contribution in [3.8, 4) is 12.1 Å². The molecule has 0 bridgehead atoms. The molecule has 0 amide bonds. The summed E-state index contributed by atoms with van der Waals surface area (Å²) in [7, 11) is 0. The highest BCUT2D eigenvalue weighted by Gasteiger charge is 2.10. The minimum atomic E-state index is 0.323. The Morgan fingerprint density at radius 1 is 0.514 bits per heavy atom. The molecule has 0 fully saturated rings. The molecule has 0 aliphatic heterocycles. The average Bonchev–Trinajstić information content (AvgIpc) is 2.90. The molecule has 4 aromatic carbocycles. The Morgan fingerprint density at radius 2 is 1.00 bits per heavy atom. The highest BCUT2D eigenvalue weighted by atomic mass is 15.3. The molecular weight excluding hydrogens is 436 g/mol. The van der Waals surface area contributed by atoms with E-state index < -0.39 is 0 Å². The molecule has 8 nitrogen and oxygen atoms in total. The van der Waals surface area contributed by atoms with Crippen LogP contribution in [0.25, 0.3) is 10.8 Å². The molecule has 5 rings (SSSR count). The molecular formula is C27H18N8. The Labute approximate surface area is 201 Å². The molecule has 0 aliphatic rings. The lowest BCUT2D eigenvalue weighted by Crippen LogP contribution is -2.07. The van der Waals surface area contributed by atoms with Gasteiger partial charge in [-0.25, -0.2) is 0 Å². The number of hydrogen-bond donors (Lipinski definition) is 3. The van der Waals surface area contributed by atoms with Gasteiger partial charge in [-0.05, 0) is 60.0 Å². The van der Waals surface area contributed by atoms with E-state index in [0.717, 1.165) is 27.8 Å². The number of aromatic nitrogens is 3. The number of nitrogens with one attached hydrogen (secondary N) is 3. The molecule has 166 valence electrons. The normalized spacial score (nSPS) is 10.2. The van der Waals surface area contributed by atoms with Crippen molar-refractivity contribution in [1.29, 1.82) is 10.5 Å². The van der Waals surface area contributed by atoms with E-state index in [4.69, 9.17) is 10.5 Å². The van der Waals surface area contributed by atoms with Crippen molar-refractivity contribution < 1.29 is 0 Å². The summed E-state index contributed by atoms with van der Waals surface area (Å²) < 4.78 is 0. The number of fused-ring (bicyclic) bond motifs is 1. The summed E-state index contributed by atoms with van der Waals surface area (Å²) in [6.45, 7) is 0. The van der Waals surface area contributed by atoms with Crippen molar-refractivity contribution in [2.75, 3.05) is 16.0 Å². The van der Waals surface area contributed by atoms with E-state index in [-0.39, 0.29) is 0 Å². The van der Waals surface area contributed by atoms with E-state index in [9.17, 15) is 0 Å². The second kappa shape index (κ2) is 9.57. The highest BCUT2D eigenvalue weighted by molar-refractivity contribution is 5.95. The Morgan fingerprint density at radius 3 is 1.54 bits per heavy atom. The van der Waals surface area contributed by atoms with Crippen LogP contribution in [0.15, 0.2) is 91.0 Å². The largest absolute Gasteiger partial charge is 0.324 e. The van der Waals surface area contributed by atoms with Crippen LogP contribution in [0.4, 0.5) is 34.9 Å². The molecule has 8 heteroatoms. The third-order valence-electron chi connectivity index (χ3n) is 5.21. The van der Waals surface area contributed by atoms with Gasteiger partial charge in [0.2, 0.25) is 17.8 Å². The number of rotatable bonds is 6. The second-order valence-electron chi connectivity index (χ2n) is 7.59. The third-order valence-corrected chi connectivity index (χ3v) is 5.21. The van der Waals surface area contributed by atoms with E-state index in [2.05, 4.69) is 43.0 Å². The van der Waals surface area contributed by atoms with Crippen LogP contribution in [-0.2, 0) is 0 Å². The van der Waals surface area contributed by atoms with Crippen LogP contribution in [0.5, 0.6) is 0 Å². The Kier molecular flexibility index (Phi) is 5.85. The lowest BCUT2D eigenvalue weighted by molar-refractivity contribution is 1.06. The number of nitriles is 2. The van der Waals surface area contributed by atoms with Gasteiger partial charge < -0.3 is 16.0 Å². The predicted octanol–water partition coefficient (Wildman–Crippen LogP) is 6.00. The summed E-state index contributed by atoms with van der Waals surface area (Å²) in [5.74, 6) is 0.996. The van der Waals surface area contributed by atoms with Crippen molar-refractivity contribution in [2.24, 2.45) is 0 Å². The van der Waals surface area contributed by atoms with Gasteiger partial charge in [-0.15, -0.1) is 0 Å². The molecule has 3 N–H and O–H groups in total. The molecule has 0 spiro atoms. The maximum absolute atomic E-state index is 9.04. The SMILES string of the molecule is N#Cc1ccc(Nc2nc(Nc3ccc(C#N)cc3)nc(Nc3cccc4ccccc34)n2)cc1. The first-order chi connectivity index (χ1) is 17.2. The standard InChI is InChI=1S/C27H18N8/c28-16-18-8-12-21(13-9-18)30-25-33-26(31-22-14-10-19(17-29)11-15-22)35-27(34-25)32-24-7-3-5-20-4-1-2-6-23(20)24/h1-15H,(H3,30,31,32,33,34,35). The fraction of sp³-hybridized carbons (Fsp3) is 0. The van der Waals surface area contributed by atoms with E-state index in [1.165, 1.54) is 0 Å². The number of hydrogen-bond acceptors (Lipinski definition) is 8. The second-order valence-corrected chi connectivity index (χ2v) is 7.59. The fourth-order valence-electron chi connectivity index (χ4n) is 3.51. The monoisotopic (exact) mass is 454 g/mol. The van der Waals surface area contributed by atoms with Crippen LogP contribution in [0, 0.1) is 22.7 Å². The van der Waals surface area contributed by atoms with Crippen molar-refractivity contribution in [3.05, 3.63) is 102 Å². The smallest absolute Gasteiger partial charge is 0.233 e. The van der Waals surface area contributed by atoms with Gasteiger partial charge in [0.1, 0.15) is 0 Å². The zero-order valence-corrected chi connectivity index (χ0v) is 18.4. The van der Waals surface area contributed by atoms with Crippen molar-refractivity contribution >= 4 is 45.7 Å². The van der Waals surface area contributed by atoms with Gasteiger partial charge in [-0.1, -0.05) is 36.4 Å². The summed E-state index contributed by atoms with van der Waals surface area (Å²) in [5, 5.41) is 29.9. The summed E-state index contributed by atoms with van der Waals surface area (Å²) >= 11 is 0. The van der Waals surface area contributed by atoms with Crippen LogP contribution < -0.4 is 16.0 Å². The lowest BCUT2D eigenvalue weighted by atomic mass is 10.1. The van der Waals surface area contributed by atoms with Gasteiger partial charge in [0.15, 0.2) is 0 Å². The molecule has 0 saturated carbocycles. The molecule has 1 heterocycles. The first kappa shape index (κ1) is 21.4. The van der Waals surface area contributed by atoms with Gasteiger partial charge in [-0.2, -0.15) is 25.5 Å². The zero-order chi connectivity index (χ0) is 24.0. The number of anilines is 6. The van der Waals surface area contributed by atoms with Crippen LogP contribution in [0.3, 0.4) is 0 Å². The molecule has 0 saturated heterocycles. The van der Waals surface area contributed by atoms with Crippen molar-refractivity contribution in [2.45, 2.75) is 0 Å². The first-order valence-corrected chi connectivity index (χ1v) is 10.8. The van der Waals surface area contributed by atoms with Gasteiger partial charge in [-0.3, -0.25) is 0 Å². The van der Waals surface area contributed by atoms with Crippen molar-refractivity contribution in [3.63, 3.8) is 0 Å². The Hall–Kier alpha value is -5.47. The van der Waals surface area contributed by atoms with E-state index >= 15 is 0 Å². The molecule has 35 heavy (non-hydrogen) atoms. The summed E-state index contributed by atoms with van der Waals surface area (Å²) in [6.07, 6.45) is 0. The molecule has 0 atom stereocenters. The number of nitrogens with zero attached hydrogens (tertiary/aromatic N) is 5. The maximum Gasteiger partial charge on any atom is 0.233 e. The Bertz CT molecular complexity index is 1500. The van der Waals surface area contributed by atoms with Gasteiger partial charge in [0, 0.05) is 22.4 Å². The van der Waals surface area contributed by atoms with E-state index in [1.807, 2.05) is 42.5 Å². The summed E-state index contributed by atoms with van der Waals surface area (Å²) in [6, 6.07) is 32.3. The minimum absolute atomic E-state index is 0.323. The summed E-state index contributed by atoms with van der Waals surface area (Å²) in [4.78, 5) is 13.6. The van der Waals surface area contributed by atoms with Gasteiger partial charge in [0.25, 0.3) is 0 Å². The van der Waals surface area contributed by atoms with Crippen molar-refractivity contribution in [1.82, 2.24) is 15.0 Å². The first-order valence-electron chi connectivity index (χ1n) is 10.8. The van der Waals surface area contributed by atoms with E-state index in [0.29, 0.717) is 29.0 Å². The topological polar surface area (TPSA) is 122 Å². The molecule has 0 aliphatic carbocycles. The lowest BCUT2D eigenvalue weighted by Gasteiger charge is -2.13. The zero-order valence-electron chi connectivity index (χ0n) is 18.4. The average molecular weight is 454 g/mol. The van der Waals surface area contributed by atoms with Crippen LogP contribution in [0.2, 0.25) is 0 Å². The fourth-order valence-corrected chi connectivity index (χ4v) is 3.51. The van der Waals surface area contributed by atoms with Gasteiger partial charge >= 0.3 is 0 Å². The molecule has 0 unspecified atom stereocenters. The highest BCUT2D eigenvalue weighted by Crippen LogP contribution is 2.26. The molecule has 5 aromatic rings. The van der Waals surface area contributed by atoms with Crippen LogP contribution in [-0.4, -0.2) is 15.0 Å². The molecule has 1 aromatic heterocycles. The van der Waals surface area contributed by atoms with Gasteiger partial charge in [0.05, 0.1) is 23.3 Å². The third kappa shape index (κ3) is 4.98. The van der Waals surface area contributed by atoms with Crippen LogP contribution in [0.1, 0.15) is 11.1 Å². The van der Waals surface area contributed by atoms with Crippen LogP contribution >= 0.6 is 0 Å². The van der Waals surface area contributed by atoms with E-state index in [1.54, 1.807) is 48.5 Å². The molecule has 0 radical (unpaired) electrons. The summed E-state index contributed by atoms with van der Waals surface area (Å²) in [5.41, 5.74) is 3.45. The predicted molar refractivity (Wildman–Crippen MR) is 136 cm³/mol. The Balaban J connectivity index is 1.50. The maximum atomic E-state index is 9.04.